The first-order chi connectivity index (χ1) is 9.97. The molecule has 2 amide bonds. The Morgan fingerprint density at radius 2 is 1.67 bits per heavy atom. The van der Waals surface area contributed by atoms with Crippen molar-refractivity contribution in [3.05, 3.63) is 29.8 Å². The molecule has 114 valence electrons. The van der Waals surface area contributed by atoms with Crippen LogP contribution in [0.1, 0.15) is 10.4 Å². The van der Waals surface area contributed by atoms with Gasteiger partial charge in [0.2, 0.25) is 5.91 Å². The first-order valence-corrected chi connectivity index (χ1v) is 7.04. The molecule has 1 fully saturated rings. The van der Waals surface area contributed by atoms with Gasteiger partial charge in [-0.25, -0.2) is 0 Å². The molecule has 1 aromatic carbocycles. The molecule has 2 N–H and O–H groups in total. The zero-order valence-electron chi connectivity index (χ0n) is 12.6. The topological polar surface area (TPSA) is 69.9 Å². The van der Waals surface area contributed by atoms with E-state index in [1.807, 2.05) is 4.90 Å². The van der Waals surface area contributed by atoms with E-state index in [9.17, 15) is 9.59 Å². The fourth-order valence-electron chi connectivity index (χ4n) is 2.25. The molecule has 0 spiro atoms. The average Bonchev–Trinajstić information content (AvgIpc) is 2.48. The zero-order chi connectivity index (χ0) is 15.4. The summed E-state index contributed by atoms with van der Waals surface area (Å²) in [5.74, 6) is 0.113. The molecule has 1 heterocycles. The molecule has 6 heteroatoms. The Balaban J connectivity index is 1.87. The summed E-state index contributed by atoms with van der Waals surface area (Å²) in [6.07, 6.45) is 0. The second-order valence-electron chi connectivity index (χ2n) is 5.48. The van der Waals surface area contributed by atoms with E-state index in [0.29, 0.717) is 30.9 Å². The zero-order valence-corrected chi connectivity index (χ0v) is 12.6. The van der Waals surface area contributed by atoms with E-state index in [-0.39, 0.29) is 11.8 Å². The molecule has 0 aliphatic carbocycles. The molecule has 0 saturated carbocycles. The fourth-order valence-corrected chi connectivity index (χ4v) is 2.25. The highest BCUT2D eigenvalue weighted by molar-refractivity contribution is 5.94. The van der Waals surface area contributed by atoms with Gasteiger partial charge in [-0.1, -0.05) is 0 Å². The lowest BCUT2D eigenvalue weighted by Crippen LogP contribution is -2.51. The molecule has 2 rings (SSSR count). The smallest absolute Gasteiger partial charge is 0.253 e. The number of nitrogen functional groups attached to an aromatic ring is 1. The third kappa shape index (κ3) is 3.95. The van der Waals surface area contributed by atoms with Crippen LogP contribution in [0.2, 0.25) is 0 Å². The summed E-state index contributed by atoms with van der Waals surface area (Å²) in [6, 6.07) is 6.97. The number of nitrogens with zero attached hydrogens (tertiary/aromatic N) is 3. The Morgan fingerprint density at radius 1 is 1.10 bits per heavy atom. The van der Waals surface area contributed by atoms with Crippen molar-refractivity contribution >= 4 is 17.5 Å². The summed E-state index contributed by atoms with van der Waals surface area (Å²) in [6.45, 7) is 3.14. The van der Waals surface area contributed by atoms with Crippen LogP contribution < -0.4 is 5.73 Å². The summed E-state index contributed by atoms with van der Waals surface area (Å²) < 4.78 is 0. The van der Waals surface area contributed by atoms with Crippen molar-refractivity contribution in [2.75, 3.05) is 52.6 Å². The largest absolute Gasteiger partial charge is 0.399 e. The maximum absolute atomic E-state index is 12.3. The quantitative estimate of drug-likeness (QED) is 0.803. The lowest BCUT2D eigenvalue weighted by molar-refractivity contribution is -0.130. The number of hydrogen-bond acceptors (Lipinski definition) is 4. The van der Waals surface area contributed by atoms with Crippen LogP contribution in [-0.2, 0) is 4.79 Å². The van der Waals surface area contributed by atoms with Crippen molar-refractivity contribution in [3.63, 3.8) is 0 Å². The summed E-state index contributed by atoms with van der Waals surface area (Å²) in [5, 5.41) is 0. The normalized spacial score (nSPS) is 15.8. The van der Waals surface area contributed by atoms with Crippen LogP contribution in [0.4, 0.5) is 5.69 Å². The minimum atomic E-state index is 0.0218. The van der Waals surface area contributed by atoms with Gasteiger partial charge in [-0.3, -0.25) is 14.5 Å². The van der Waals surface area contributed by atoms with Gasteiger partial charge in [0.1, 0.15) is 0 Å². The van der Waals surface area contributed by atoms with E-state index in [0.717, 1.165) is 13.1 Å². The summed E-state index contributed by atoms with van der Waals surface area (Å²) in [4.78, 5) is 29.5. The fraction of sp³-hybridized carbons (Fsp3) is 0.467. The molecule has 0 unspecified atom stereocenters. The molecule has 21 heavy (non-hydrogen) atoms. The number of rotatable bonds is 3. The number of amides is 2. The van der Waals surface area contributed by atoms with Crippen molar-refractivity contribution in [2.24, 2.45) is 0 Å². The maximum Gasteiger partial charge on any atom is 0.253 e. The predicted octanol–water partition coefficient (Wildman–Crippen LogP) is 0.115. The van der Waals surface area contributed by atoms with Crippen molar-refractivity contribution < 1.29 is 9.59 Å². The second-order valence-corrected chi connectivity index (χ2v) is 5.48. The second kappa shape index (κ2) is 6.58. The number of benzene rings is 1. The van der Waals surface area contributed by atoms with Crippen LogP contribution in [0.25, 0.3) is 0 Å². The van der Waals surface area contributed by atoms with Crippen molar-refractivity contribution in [1.82, 2.24) is 14.7 Å². The van der Waals surface area contributed by atoms with Gasteiger partial charge in [-0.05, 0) is 24.3 Å². The van der Waals surface area contributed by atoms with Gasteiger partial charge in [0.15, 0.2) is 0 Å². The van der Waals surface area contributed by atoms with E-state index < -0.39 is 0 Å². The van der Waals surface area contributed by atoms with Crippen LogP contribution >= 0.6 is 0 Å². The highest BCUT2D eigenvalue weighted by atomic mass is 16.2. The molecular formula is C15H22N4O2. The van der Waals surface area contributed by atoms with Crippen LogP contribution in [0.3, 0.4) is 0 Å². The molecule has 1 saturated heterocycles. The SMILES string of the molecule is CN(C)C(=O)CN1CCN(C(=O)c2ccc(N)cc2)CC1. The van der Waals surface area contributed by atoms with E-state index in [1.54, 1.807) is 43.3 Å². The summed E-state index contributed by atoms with van der Waals surface area (Å²) in [7, 11) is 3.51. The third-order valence-corrected chi connectivity index (χ3v) is 3.67. The first-order valence-electron chi connectivity index (χ1n) is 7.04. The highest BCUT2D eigenvalue weighted by Gasteiger charge is 2.23. The molecule has 1 aromatic rings. The molecule has 1 aliphatic heterocycles. The summed E-state index contributed by atoms with van der Waals surface area (Å²) >= 11 is 0. The van der Waals surface area contributed by atoms with Gasteiger partial charge < -0.3 is 15.5 Å². The lowest BCUT2D eigenvalue weighted by atomic mass is 10.1. The highest BCUT2D eigenvalue weighted by Crippen LogP contribution is 2.11. The van der Waals surface area contributed by atoms with Gasteiger partial charge in [0.25, 0.3) is 5.91 Å². The number of likely N-dealkylation sites (N-methyl/N-ethyl adjacent to an activating group) is 1. The Kier molecular flexibility index (Phi) is 4.80. The van der Waals surface area contributed by atoms with Crippen LogP contribution in [-0.4, -0.2) is 73.3 Å². The number of anilines is 1. The van der Waals surface area contributed by atoms with E-state index >= 15 is 0 Å². The van der Waals surface area contributed by atoms with Gasteiger partial charge in [0, 0.05) is 51.5 Å². The van der Waals surface area contributed by atoms with Crippen molar-refractivity contribution in [2.45, 2.75) is 0 Å². The molecule has 0 radical (unpaired) electrons. The van der Waals surface area contributed by atoms with E-state index in [4.69, 9.17) is 5.73 Å². The van der Waals surface area contributed by atoms with E-state index in [1.165, 1.54) is 0 Å². The Bertz CT molecular complexity index is 505. The van der Waals surface area contributed by atoms with Crippen molar-refractivity contribution in [3.8, 4) is 0 Å². The minimum absolute atomic E-state index is 0.0218. The Hall–Kier alpha value is -2.08. The Morgan fingerprint density at radius 3 is 2.19 bits per heavy atom. The monoisotopic (exact) mass is 290 g/mol. The number of carbonyl (C=O) groups excluding carboxylic acids is 2. The first kappa shape index (κ1) is 15.3. The molecular weight excluding hydrogens is 268 g/mol. The van der Waals surface area contributed by atoms with Gasteiger partial charge in [-0.2, -0.15) is 0 Å². The maximum atomic E-state index is 12.3. The standard InChI is InChI=1S/C15H22N4O2/c1-17(2)14(20)11-18-7-9-19(10-8-18)15(21)12-3-5-13(16)6-4-12/h3-6H,7-11,16H2,1-2H3. The lowest BCUT2D eigenvalue weighted by Gasteiger charge is -2.34. The molecule has 0 atom stereocenters. The molecule has 0 aromatic heterocycles. The van der Waals surface area contributed by atoms with Crippen molar-refractivity contribution in [1.29, 1.82) is 0 Å². The molecule has 0 bridgehead atoms. The van der Waals surface area contributed by atoms with E-state index in [2.05, 4.69) is 4.90 Å². The van der Waals surface area contributed by atoms with Crippen LogP contribution in [0.5, 0.6) is 0 Å². The number of carbonyl (C=O) groups is 2. The average molecular weight is 290 g/mol. The summed E-state index contributed by atoms with van der Waals surface area (Å²) in [5.41, 5.74) is 6.93. The number of piperazine rings is 1. The molecule has 6 nitrogen and oxygen atoms in total. The molecule has 1 aliphatic rings. The number of nitrogens with two attached hydrogens (primary N) is 1. The van der Waals surface area contributed by atoms with Gasteiger partial charge in [0.05, 0.1) is 6.54 Å². The number of hydrogen-bond donors (Lipinski definition) is 1. The van der Waals surface area contributed by atoms with Crippen LogP contribution in [0.15, 0.2) is 24.3 Å². The minimum Gasteiger partial charge on any atom is -0.399 e. The van der Waals surface area contributed by atoms with Crippen LogP contribution in [0, 0.1) is 0 Å². The van der Waals surface area contributed by atoms with Gasteiger partial charge in [-0.15, -0.1) is 0 Å². The predicted molar refractivity (Wildman–Crippen MR) is 81.9 cm³/mol. The van der Waals surface area contributed by atoms with Gasteiger partial charge >= 0.3 is 0 Å². The Labute approximate surface area is 125 Å². The third-order valence-electron chi connectivity index (χ3n) is 3.67.